The fourth-order valence-corrected chi connectivity index (χ4v) is 6.05. The summed E-state index contributed by atoms with van der Waals surface area (Å²) in [6.45, 7) is 9.15. The van der Waals surface area contributed by atoms with Gasteiger partial charge >= 0.3 is 0 Å². The Morgan fingerprint density at radius 3 is 2.05 bits per heavy atom. The minimum atomic E-state index is -4.10. The lowest BCUT2D eigenvalue weighted by atomic mass is 10.1. The first-order valence-electron chi connectivity index (χ1n) is 13.9. The molecule has 0 aliphatic rings. The van der Waals surface area contributed by atoms with Gasteiger partial charge in [0.25, 0.3) is 10.0 Å². The van der Waals surface area contributed by atoms with Crippen LogP contribution in [0.5, 0.6) is 5.75 Å². The van der Waals surface area contributed by atoms with E-state index in [0.29, 0.717) is 17.9 Å². The molecule has 0 heterocycles. The standard InChI is InChI=1S/C32H41N3O5S/c1-7-25(5)33-32(37)30(8-2)34(21-26-14-16-28(40-6)17-15-26)31(36)22-35(27-19-23(3)18-24(4)20-27)41(38,39)29-12-10-9-11-13-29/h9-20,25,30H,7-8,21-22H2,1-6H3,(H,33,37)/t25-,30-/m0/s1. The summed E-state index contributed by atoms with van der Waals surface area (Å²) in [6, 6.07) is 19.9. The Bertz CT molecular complexity index is 1410. The van der Waals surface area contributed by atoms with Gasteiger partial charge in [-0.1, -0.05) is 50.2 Å². The first-order valence-corrected chi connectivity index (χ1v) is 15.3. The number of anilines is 1. The van der Waals surface area contributed by atoms with Crippen molar-refractivity contribution >= 4 is 27.5 Å². The second-order valence-corrected chi connectivity index (χ2v) is 12.1. The topological polar surface area (TPSA) is 96.0 Å². The predicted molar refractivity (Wildman–Crippen MR) is 162 cm³/mol. The van der Waals surface area contributed by atoms with Crippen molar-refractivity contribution in [2.24, 2.45) is 0 Å². The molecule has 0 fully saturated rings. The molecule has 0 saturated carbocycles. The van der Waals surface area contributed by atoms with Gasteiger partial charge < -0.3 is 15.0 Å². The summed E-state index contributed by atoms with van der Waals surface area (Å²) < 4.78 is 34.3. The highest BCUT2D eigenvalue weighted by molar-refractivity contribution is 7.92. The Balaban J connectivity index is 2.07. The molecule has 3 aromatic rings. The van der Waals surface area contributed by atoms with Crippen molar-refractivity contribution in [1.82, 2.24) is 10.2 Å². The van der Waals surface area contributed by atoms with E-state index in [-0.39, 0.29) is 23.4 Å². The molecule has 0 bridgehead atoms. The van der Waals surface area contributed by atoms with E-state index >= 15 is 0 Å². The molecular formula is C32H41N3O5S. The number of aryl methyl sites for hydroxylation is 2. The molecule has 0 spiro atoms. The van der Waals surface area contributed by atoms with E-state index < -0.39 is 28.5 Å². The second kappa shape index (κ2) is 14.2. The maximum atomic E-state index is 14.2. The van der Waals surface area contributed by atoms with Crippen LogP contribution in [0, 0.1) is 13.8 Å². The van der Waals surface area contributed by atoms with Crippen molar-refractivity contribution in [3.05, 3.63) is 89.5 Å². The fourth-order valence-electron chi connectivity index (χ4n) is 4.63. The van der Waals surface area contributed by atoms with Crippen molar-refractivity contribution in [3.63, 3.8) is 0 Å². The van der Waals surface area contributed by atoms with Crippen molar-refractivity contribution < 1.29 is 22.7 Å². The molecule has 9 heteroatoms. The third-order valence-electron chi connectivity index (χ3n) is 7.00. The molecule has 0 aliphatic heterocycles. The van der Waals surface area contributed by atoms with E-state index in [0.717, 1.165) is 27.4 Å². The van der Waals surface area contributed by atoms with E-state index in [9.17, 15) is 18.0 Å². The minimum absolute atomic E-state index is 0.0697. The quantitative estimate of drug-likeness (QED) is 0.299. The summed E-state index contributed by atoms with van der Waals surface area (Å²) in [7, 11) is -2.53. The van der Waals surface area contributed by atoms with Crippen molar-refractivity contribution in [2.75, 3.05) is 18.0 Å². The smallest absolute Gasteiger partial charge is 0.264 e. The van der Waals surface area contributed by atoms with E-state index in [2.05, 4.69) is 5.32 Å². The minimum Gasteiger partial charge on any atom is -0.497 e. The average molecular weight is 580 g/mol. The molecule has 2 amide bonds. The number of amides is 2. The Morgan fingerprint density at radius 2 is 1.51 bits per heavy atom. The summed E-state index contributed by atoms with van der Waals surface area (Å²) in [6.07, 6.45) is 1.10. The highest BCUT2D eigenvalue weighted by atomic mass is 32.2. The van der Waals surface area contributed by atoms with Gasteiger partial charge in [-0.2, -0.15) is 0 Å². The number of nitrogens with one attached hydrogen (secondary N) is 1. The van der Waals surface area contributed by atoms with E-state index in [4.69, 9.17) is 4.74 Å². The van der Waals surface area contributed by atoms with Gasteiger partial charge in [-0.05, 0) is 86.7 Å². The van der Waals surface area contributed by atoms with E-state index in [1.54, 1.807) is 49.6 Å². The largest absolute Gasteiger partial charge is 0.497 e. The zero-order valence-electron chi connectivity index (χ0n) is 24.8. The molecule has 0 saturated heterocycles. The van der Waals surface area contributed by atoms with Gasteiger partial charge in [0.2, 0.25) is 11.8 Å². The van der Waals surface area contributed by atoms with Crippen LogP contribution in [0.2, 0.25) is 0 Å². The number of methoxy groups -OCH3 is 1. The number of ether oxygens (including phenoxy) is 1. The number of carbonyl (C=O) groups is 2. The average Bonchev–Trinajstić information content (AvgIpc) is 2.95. The summed E-state index contributed by atoms with van der Waals surface area (Å²) >= 11 is 0. The first kappa shape index (κ1) is 31.7. The molecular weight excluding hydrogens is 538 g/mol. The maximum absolute atomic E-state index is 14.2. The normalized spacial score (nSPS) is 12.7. The van der Waals surface area contributed by atoms with Crippen LogP contribution in [0.1, 0.15) is 50.3 Å². The molecule has 41 heavy (non-hydrogen) atoms. The van der Waals surface area contributed by atoms with Gasteiger partial charge in [0.1, 0.15) is 18.3 Å². The van der Waals surface area contributed by atoms with Gasteiger partial charge in [0.05, 0.1) is 17.7 Å². The Labute approximate surface area is 244 Å². The van der Waals surface area contributed by atoms with Crippen LogP contribution in [-0.4, -0.2) is 50.9 Å². The van der Waals surface area contributed by atoms with Crippen molar-refractivity contribution in [1.29, 1.82) is 0 Å². The van der Waals surface area contributed by atoms with Crippen LogP contribution < -0.4 is 14.4 Å². The number of benzene rings is 3. The Morgan fingerprint density at radius 1 is 0.902 bits per heavy atom. The molecule has 0 aromatic heterocycles. The molecule has 0 unspecified atom stereocenters. The second-order valence-electron chi connectivity index (χ2n) is 10.3. The van der Waals surface area contributed by atoms with E-state index in [1.165, 1.54) is 17.0 Å². The molecule has 1 N–H and O–H groups in total. The van der Waals surface area contributed by atoms with Crippen LogP contribution in [0.3, 0.4) is 0 Å². The summed E-state index contributed by atoms with van der Waals surface area (Å²) in [5, 5.41) is 2.99. The maximum Gasteiger partial charge on any atom is 0.264 e. The highest BCUT2D eigenvalue weighted by Crippen LogP contribution is 2.27. The first-order chi connectivity index (χ1) is 19.5. The zero-order valence-corrected chi connectivity index (χ0v) is 25.6. The predicted octanol–water partition coefficient (Wildman–Crippen LogP) is 5.23. The molecule has 0 aliphatic carbocycles. The van der Waals surface area contributed by atoms with Gasteiger partial charge in [0.15, 0.2) is 0 Å². The van der Waals surface area contributed by atoms with Crippen LogP contribution >= 0.6 is 0 Å². The number of hydrogen-bond acceptors (Lipinski definition) is 5. The van der Waals surface area contributed by atoms with Crippen LogP contribution in [0.25, 0.3) is 0 Å². The molecule has 3 aromatic carbocycles. The van der Waals surface area contributed by atoms with Crippen LogP contribution in [0.4, 0.5) is 5.69 Å². The zero-order chi connectivity index (χ0) is 30.2. The third-order valence-corrected chi connectivity index (χ3v) is 8.79. The van der Waals surface area contributed by atoms with Crippen molar-refractivity contribution in [2.45, 2.75) is 71.0 Å². The molecule has 0 radical (unpaired) electrons. The van der Waals surface area contributed by atoms with Gasteiger partial charge in [-0.3, -0.25) is 13.9 Å². The SMILES string of the molecule is CC[C@H](C)NC(=O)[C@H](CC)N(Cc1ccc(OC)cc1)C(=O)CN(c1cc(C)cc(C)c1)S(=O)(=O)c1ccccc1. The highest BCUT2D eigenvalue weighted by Gasteiger charge is 2.34. The van der Waals surface area contributed by atoms with Gasteiger partial charge in [-0.25, -0.2) is 8.42 Å². The fraction of sp³-hybridized carbons (Fsp3) is 0.375. The molecule has 8 nitrogen and oxygen atoms in total. The Kier molecular flexibility index (Phi) is 10.9. The molecule has 220 valence electrons. The number of sulfonamides is 1. The summed E-state index contributed by atoms with van der Waals surface area (Å²) in [4.78, 5) is 29.1. The summed E-state index contributed by atoms with van der Waals surface area (Å²) in [5.41, 5.74) is 2.92. The summed E-state index contributed by atoms with van der Waals surface area (Å²) in [5.74, 6) is -0.0821. The monoisotopic (exact) mass is 579 g/mol. The van der Waals surface area contributed by atoms with Gasteiger partial charge in [0, 0.05) is 12.6 Å². The number of rotatable bonds is 13. The van der Waals surface area contributed by atoms with Crippen LogP contribution in [-0.2, 0) is 26.2 Å². The Hall–Kier alpha value is -3.85. The number of nitrogens with zero attached hydrogens (tertiary/aromatic N) is 2. The van der Waals surface area contributed by atoms with E-state index in [1.807, 2.05) is 52.8 Å². The lowest BCUT2D eigenvalue weighted by molar-refractivity contribution is -0.140. The lowest BCUT2D eigenvalue weighted by Crippen LogP contribution is -2.53. The number of hydrogen-bond donors (Lipinski definition) is 1. The van der Waals surface area contributed by atoms with Crippen molar-refractivity contribution in [3.8, 4) is 5.75 Å². The molecule has 2 atom stereocenters. The van der Waals surface area contributed by atoms with Crippen LogP contribution in [0.15, 0.2) is 77.7 Å². The number of carbonyl (C=O) groups excluding carboxylic acids is 2. The lowest BCUT2D eigenvalue weighted by Gasteiger charge is -2.34. The third kappa shape index (κ3) is 8.10. The molecule has 3 rings (SSSR count). The van der Waals surface area contributed by atoms with Gasteiger partial charge in [-0.15, -0.1) is 0 Å².